The van der Waals surface area contributed by atoms with Crippen molar-refractivity contribution in [3.8, 4) is 11.3 Å². The molecule has 18 heavy (non-hydrogen) atoms. The van der Waals surface area contributed by atoms with Gasteiger partial charge in [-0.15, -0.1) is 0 Å². The second kappa shape index (κ2) is 5.02. The van der Waals surface area contributed by atoms with Gasteiger partial charge in [-0.3, -0.25) is 0 Å². The third-order valence-corrected chi connectivity index (χ3v) is 2.99. The van der Waals surface area contributed by atoms with Crippen LogP contribution in [-0.2, 0) is 0 Å². The topological polar surface area (TPSA) is 25.8 Å². The summed E-state index contributed by atoms with van der Waals surface area (Å²) in [5.41, 5.74) is 3.52. The molecule has 1 heterocycles. The third-order valence-electron chi connectivity index (χ3n) is 2.82. The molecule has 0 radical (unpaired) electrons. The average Bonchev–Trinajstić information content (AvgIpc) is 2.32. The molecule has 1 aromatic carbocycles. The van der Waals surface area contributed by atoms with E-state index >= 15 is 0 Å². The number of hydrogen-bond donors (Lipinski definition) is 0. The van der Waals surface area contributed by atoms with Crippen LogP contribution in [0.3, 0.4) is 0 Å². The molecule has 0 bridgehead atoms. The molecule has 0 aliphatic rings. The number of aromatic nitrogens is 2. The fourth-order valence-corrected chi connectivity index (χ4v) is 2.13. The molecule has 0 saturated carbocycles. The monoisotopic (exact) mass is 264 g/mol. The van der Waals surface area contributed by atoms with Crippen molar-refractivity contribution in [3.05, 3.63) is 46.6 Å². The lowest BCUT2D eigenvalue weighted by molar-refractivity contribution is 0.628. The zero-order valence-corrected chi connectivity index (χ0v) is 11.3. The molecule has 0 saturated heterocycles. The fraction of sp³-hybridized carbons (Fsp3) is 0.286. The zero-order chi connectivity index (χ0) is 13.3. The molecule has 0 aliphatic carbocycles. The Morgan fingerprint density at radius 2 is 1.72 bits per heavy atom. The Balaban J connectivity index is 2.60. The van der Waals surface area contributed by atoms with Crippen LogP contribution in [0, 0.1) is 12.7 Å². The molecule has 2 nitrogen and oxygen atoms in total. The Morgan fingerprint density at radius 1 is 1.11 bits per heavy atom. The van der Waals surface area contributed by atoms with Crippen LogP contribution in [-0.4, -0.2) is 9.97 Å². The summed E-state index contributed by atoms with van der Waals surface area (Å²) in [6.07, 6.45) is 0. The summed E-state index contributed by atoms with van der Waals surface area (Å²) in [4.78, 5) is 8.50. The van der Waals surface area contributed by atoms with Crippen molar-refractivity contribution in [2.75, 3.05) is 0 Å². The summed E-state index contributed by atoms with van der Waals surface area (Å²) in [6, 6.07) is 6.23. The minimum atomic E-state index is -0.263. The number of halogens is 2. The van der Waals surface area contributed by atoms with Gasteiger partial charge in [0.05, 0.1) is 11.4 Å². The first-order valence-corrected chi connectivity index (χ1v) is 6.17. The first-order valence-electron chi connectivity index (χ1n) is 5.79. The SMILES string of the molecule is Cc1c(-c2ccc(F)cc2)nc(Cl)nc1C(C)C. The molecule has 0 unspecified atom stereocenters. The fourth-order valence-electron chi connectivity index (χ4n) is 1.96. The Morgan fingerprint density at radius 3 is 2.28 bits per heavy atom. The van der Waals surface area contributed by atoms with Crippen LogP contribution < -0.4 is 0 Å². The van der Waals surface area contributed by atoms with Gasteiger partial charge in [0, 0.05) is 5.56 Å². The van der Waals surface area contributed by atoms with Gasteiger partial charge in [-0.05, 0) is 54.3 Å². The summed E-state index contributed by atoms with van der Waals surface area (Å²) in [7, 11) is 0. The molecule has 1 aromatic heterocycles. The van der Waals surface area contributed by atoms with Gasteiger partial charge in [-0.1, -0.05) is 13.8 Å². The van der Waals surface area contributed by atoms with Crippen LogP contribution in [0.2, 0.25) is 5.28 Å². The molecule has 0 fully saturated rings. The van der Waals surface area contributed by atoms with E-state index in [1.165, 1.54) is 12.1 Å². The molecule has 94 valence electrons. The van der Waals surface area contributed by atoms with Crippen LogP contribution in [0.15, 0.2) is 24.3 Å². The van der Waals surface area contributed by atoms with E-state index in [2.05, 4.69) is 23.8 Å². The van der Waals surface area contributed by atoms with Gasteiger partial charge in [0.15, 0.2) is 0 Å². The first kappa shape index (κ1) is 13.0. The molecule has 0 amide bonds. The summed E-state index contributed by atoms with van der Waals surface area (Å²) < 4.78 is 12.9. The summed E-state index contributed by atoms with van der Waals surface area (Å²) in [6.45, 7) is 6.07. The highest BCUT2D eigenvalue weighted by molar-refractivity contribution is 6.28. The molecule has 4 heteroatoms. The largest absolute Gasteiger partial charge is 0.223 e. The van der Waals surface area contributed by atoms with Gasteiger partial charge in [-0.2, -0.15) is 0 Å². The second-order valence-electron chi connectivity index (χ2n) is 4.51. The van der Waals surface area contributed by atoms with Crippen molar-refractivity contribution < 1.29 is 4.39 Å². The van der Waals surface area contributed by atoms with Gasteiger partial charge < -0.3 is 0 Å². The maximum Gasteiger partial charge on any atom is 0.223 e. The highest BCUT2D eigenvalue weighted by atomic mass is 35.5. The van der Waals surface area contributed by atoms with Crippen LogP contribution in [0.1, 0.15) is 31.0 Å². The predicted octanol–water partition coefficient (Wildman–Crippen LogP) is 4.37. The lowest BCUT2D eigenvalue weighted by Crippen LogP contribution is -2.02. The molecule has 0 aliphatic heterocycles. The molecular weight excluding hydrogens is 251 g/mol. The number of hydrogen-bond acceptors (Lipinski definition) is 2. The van der Waals surface area contributed by atoms with Crippen molar-refractivity contribution >= 4 is 11.6 Å². The summed E-state index contributed by atoms with van der Waals surface area (Å²) in [5, 5.41) is 0.226. The molecule has 2 aromatic rings. The second-order valence-corrected chi connectivity index (χ2v) is 4.85. The van der Waals surface area contributed by atoms with Crippen LogP contribution in [0.4, 0.5) is 4.39 Å². The third kappa shape index (κ3) is 2.51. The van der Waals surface area contributed by atoms with Crippen molar-refractivity contribution in [3.63, 3.8) is 0 Å². The number of nitrogens with zero attached hydrogens (tertiary/aromatic N) is 2. The van der Waals surface area contributed by atoms with Gasteiger partial charge in [0.1, 0.15) is 5.82 Å². The van der Waals surface area contributed by atoms with E-state index in [0.29, 0.717) is 0 Å². The van der Waals surface area contributed by atoms with E-state index in [1.54, 1.807) is 12.1 Å². The quantitative estimate of drug-likeness (QED) is 0.753. The Hall–Kier alpha value is -1.48. The molecular formula is C14H14ClFN2. The van der Waals surface area contributed by atoms with Crippen molar-refractivity contribution in [1.29, 1.82) is 0 Å². The Kier molecular flexibility index (Phi) is 3.62. The maximum absolute atomic E-state index is 12.9. The highest BCUT2D eigenvalue weighted by Crippen LogP contribution is 2.28. The maximum atomic E-state index is 12.9. The standard InChI is InChI=1S/C14H14ClFN2/c1-8(2)12-9(3)13(18-14(15)17-12)10-4-6-11(16)7-5-10/h4-8H,1-3H3. The summed E-state index contributed by atoms with van der Waals surface area (Å²) in [5.74, 6) is 0.00494. The van der Waals surface area contributed by atoms with E-state index in [4.69, 9.17) is 11.6 Å². The molecule has 0 atom stereocenters. The van der Waals surface area contributed by atoms with E-state index in [-0.39, 0.29) is 17.0 Å². The van der Waals surface area contributed by atoms with Crippen LogP contribution >= 0.6 is 11.6 Å². The smallest absolute Gasteiger partial charge is 0.222 e. The minimum absolute atomic E-state index is 0.226. The highest BCUT2D eigenvalue weighted by Gasteiger charge is 2.14. The molecule has 0 N–H and O–H groups in total. The van der Waals surface area contributed by atoms with Gasteiger partial charge >= 0.3 is 0 Å². The van der Waals surface area contributed by atoms with Crippen LogP contribution in [0.25, 0.3) is 11.3 Å². The number of rotatable bonds is 2. The van der Waals surface area contributed by atoms with Crippen LogP contribution in [0.5, 0.6) is 0 Å². The minimum Gasteiger partial charge on any atom is -0.222 e. The van der Waals surface area contributed by atoms with Gasteiger partial charge in [0.25, 0.3) is 0 Å². The van der Waals surface area contributed by atoms with E-state index in [0.717, 1.165) is 22.5 Å². The average molecular weight is 265 g/mol. The lowest BCUT2D eigenvalue weighted by atomic mass is 10.00. The molecule has 2 rings (SSSR count). The number of benzene rings is 1. The van der Waals surface area contributed by atoms with Crippen molar-refractivity contribution in [2.45, 2.75) is 26.7 Å². The zero-order valence-electron chi connectivity index (χ0n) is 10.5. The summed E-state index contributed by atoms with van der Waals surface area (Å²) >= 11 is 5.95. The van der Waals surface area contributed by atoms with E-state index in [1.807, 2.05) is 6.92 Å². The van der Waals surface area contributed by atoms with Crippen molar-refractivity contribution in [2.24, 2.45) is 0 Å². The van der Waals surface area contributed by atoms with E-state index < -0.39 is 0 Å². The Bertz CT molecular complexity index is 565. The van der Waals surface area contributed by atoms with E-state index in [9.17, 15) is 4.39 Å². The normalized spacial score (nSPS) is 11.0. The Labute approximate surface area is 111 Å². The van der Waals surface area contributed by atoms with Crippen molar-refractivity contribution in [1.82, 2.24) is 9.97 Å². The van der Waals surface area contributed by atoms with Gasteiger partial charge in [0.2, 0.25) is 5.28 Å². The first-order chi connectivity index (χ1) is 8.49. The lowest BCUT2D eigenvalue weighted by Gasteiger charge is -2.13. The molecule has 0 spiro atoms. The van der Waals surface area contributed by atoms with Gasteiger partial charge in [-0.25, -0.2) is 14.4 Å². The predicted molar refractivity (Wildman–Crippen MR) is 71.3 cm³/mol.